The Bertz CT molecular complexity index is 1030. The first kappa shape index (κ1) is 23.5. The van der Waals surface area contributed by atoms with Crippen LogP contribution in [0.15, 0.2) is 48.5 Å². The van der Waals surface area contributed by atoms with Crippen molar-refractivity contribution in [1.29, 1.82) is 0 Å². The topological polar surface area (TPSA) is 86.9 Å². The molecule has 0 bridgehead atoms. The van der Waals surface area contributed by atoms with Crippen LogP contribution in [0.5, 0.6) is 0 Å². The molecular weight excluding hydrogens is 400 g/mol. The van der Waals surface area contributed by atoms with E-state index in [0.717, 1.165) is 35.3 Å². The highest BCUT2D eigenvalue weighted by atomic mass is 16.2. The number of para-hydroxylation sites is 2. The molecule has 0 aliphatic heterocycles. The van der Waals surface area contributed by atoms with Gasteiger partial charge in [-0.15, -0.1) is 0 Å². The predicted octanol–water partition coefficient (Wildman–Crippen LogP) is 4.36. The van der Waals surface area contributed by atoms with Gasteiger partial charge in [-0.1, -0.05) is 58.9 Å². The van der Waals surface area contributed by atoms with Gasteiger partial charge in [-0.2, -0.15) is 0 Å². The molecule has 0 spiro atoms. The number of nitrogens with zero attached hydrogens (tertiary/aromatic N) is 1. The number of imidazole rings is 1. The smallest absolute Gasteiger partial charge is 0.251 e. The molecule has 0 radical (unpaired) electrons. The van der Waals surface area contributed by atoms with Gasteiger partial charge in [0.1, 0.15) is 11.9 Å². The number of benzene rings is 2. The van der Waals surface area contributed by atoms with Crippen LogP contribution in [-0.4, -0.2) is 34.4 Å². The summed E-state index contributed by atoms with van der Waals surface area (Å²) >= 11 is 0. The summed E-state index contributed by atoms with van der Waals surface area (Å²) in [4.78, 5) is 33.3. The van der Waals surface area contributed by atoms with E-state index in [-0.39, 0.29) is 23.1 Å². The third-order valence-corrected chi connectivity index (χ3v) is 5.58. The Kier molecular flexibility index (Phi) is 7.33. The number of hydrogen-bond donors (Lipinski definition) is 3. The third-order valence-electron chi connectivity index (χ3n) is 5.58. The zero-order valence-corrected chi connectivity index (χ0v) is 19.7. The van der Waals surface area contributed by atoms with Crippen molar-refractivity contribution in [3.8, 4) is 0 Å². The number of aromatic amines is 1. The second kappa shape index (κ2) is 9.98. The lowest BCUT2D eigenvalue weighted by Gasteiger charge is -2.22. The highest BCUT2D eigenvalue weighted by Crippen LogP contribution is 2.22. The minimum Gasteiger partial charge on any atom is -0.354 e. The molecule has 3 N–H and O–H groups in total. The molecule has 1 atom stereocenters. The Hall–Kier alpha value is -3.15. The van der Waals surface area contributed by atoms with Crippen molar-refractivity contribution in [2.24, 2.45) is 5.92 Å². The molecule has 6 heteroatoms. The van der Waals surface area contributed by atoms with Gasteiger partial charge in [0.2, 0.25) is 5.91 Å². The van der Waals surface area contributed by atoms with Crippen molar-refractivity contribution < 1.29 is 9.59 Å². The van der Waals surface area contributed by atoms with E-state index in [0.29, 0.717) is 12.1 Å². The molecule has 6 nitrogen and oxygen atoms in total. The summed E-state index contributed by atoms with van der Waals surface area (Å²) in [7, 11) is 0. The summed E-state index contributed by atoms with van der Waals surface area (Å²) in [6.45, 7) is 10.8. The van der Waals surface area contributed by atoms with E-state index < -0.39 is 6.04 Å². The zero-order chi connectivity index (χ0) is 23.3. The fourth-order valence-corrected chi connectivity index (χ4v) is 3.58. The monoisotopic (exact) mass is 434 g/mol. The molecule has 2 amide bonds. The summed E-state index contributed by atoms with van der Waals surface area (Å²) in [5.41, 5.74) is 3.71. The van der Waals surface area contributed by atoms with Crippen LogP contribution in [0, 0.1) is 5.92 Å². The largest absolute Gasteiger partial charge is 0.354 e. The van der Waals surface area contributed by atoms with Crippen LogP contribution in [0.25, 0.3) is 11.0 Å². The SMILES string of the molecule is CC(C)C(NC(=O)c1ccc(C(C)(C)C)cc1)C(=O)NCCCc1nc2ccccc2[nH]1. The standard InChI is InChI=1S/C26H34N4O2/c1-17(2)23(30-24(31)18-12-14-19(15-13-18)26(3,4)5)25(32)27-16-8-11-22-28-20-9-6-7-10-21(20)29-22/h6-7,9-10,12-15,17,23H,8,11,16H2,1-5H3,(H,27,32)(H,28,29)(H,30,31). The first-order chi connectivity index (χ1) is 15.1. The lowest BCUT2D eigenvalue weighted by atomic mass is 9.86. The molecule has 1 aromatic heterocycles. The van der Waals surface area contributed by atoms with Crippen molar-refractivity contribution in [2.75, 3.05) is 6.54 Å². The van der Waals surface area contributed by atoms with E-state index in [1.165, 1.54) is 0 Å². The van der Waals surface area contributed by atoms with Crippen LogP contribution < -0.4 is 10.6 Å². The van der Waals surface area contributed by atoms with Crippen molar-refractivity contribution in [3.05, 3.63) is 65.5 Å². The maximum Gasteiger partial charge on any atom is 0.251 e. The first-order valence-corrected chi connectivity index (χ1v) is 11.3. The minimum atomic E-state index is -0.587. The van der Waals surface area contributed by atoms with Gasteiger partial charge in [0, 0.05) is 18.5 Å². The van der Waals surface area contributed by atoms with Crippen LogP contribution in [0.2, 0.25) is 0 Å². The molecule has 0 fully saturated rings. The molecule has 0 aliphatic rings. The number of aryl methyl sites for hydroxylation is 1. The van der Waals surface area contributed by atoms with Gasteiger partial charge in [0.25, 0.3) is 5.91 Å². The van der Waals surface area contributed by atoms with Gasteiger partial charge in [0.15, 0.2) is 0 Å². The van der Waals surface area contributed by atoms with E-state index in [9.17, 15) is 9.59 Å². The number of carbonyl (C=O) groups excluding carboxylic acids is 2. The van der Waals surface area contributed by atoms with Gasteiger partial charge in [-0.25, -0.2) is 4.98 Å². The van der Waals surface area contributed by atoms with Crippen molar-refractivity contribution in [3.63, 3.8) is 0 Å². The number of amides is 2. The van der Waals surface area contributed by atoms with E-state index in [1.54, 1.807) is 0 Å². The third kappa shape index (κ3) is 5.96. The van der Waals surface area contributed by atoms with Crippen molar-refractivity contribution >= 4 is 22.8 Å². The lowest BCUT2D eigenvalue weighted by molar-refractivity contribution is -0.123. The van der Waals surface area contributed by atoms with Gasteiger partial charge in [0.05, 0.1) is 11.0 Å². The predicted molar refractivity (Wildman–Crippen MR) is 129 cm³/mol. The van der Waals surface area contributed by atoms with E-state index in [2.05, 4.69) is 41.4 Å². The molecule has 0 aliphatic carbocycles. The molecule has 170 valence electrons. The van der Waals surface area contributed by atoms with E-state index in [4.69, 9.17) is 0 Å². The average molecular weight is 435 g/mol. The molecule has 1 unspecified atom stereocenters. The van der Waals surface area contributed by atoms with Crippen LogP contribution in [0.4, 0.5) is 0 Å². The Morgan fingerprint density at radius 1 is 1.03 bits per heavy atom. The molecule has 1 heterocycles. The number of hydrogen-bond acceptors (Lipinski definition) is 3. The van der Waals surface area contributed by atoms with E-state index in [1.807, 2.05) is 62.4 Å². The van der Waals surface area contributed by atoms with Gasteiger partial charge in [-0.05, 0) is 47.6 Å². The van der Waals surface area contributed by atoms with Crippen LogP contribution >= 0.6 is 0 Å². The summed E-state index contributed by atoms with van der Waals surface area (Å²) in [6, 6.07) is 14.9. The Morgan fingerprint density at radius 2 is 1.72 bits per heavy atom. The number of carbonyl (C=O) groups is 2. The fraction of sp³-hybridized carbons (Fsp3) is 0.423. The molecule has 0 saturated carbocycles. The highest BCUT2D eigenvalue weighted by molar-refractivity contribution is 5.97. The fourth-order valence-electron chi connectivity index (χ4n) is 3.58. The highest BCUT2D eigenvalue weighted by Gasteiger charge is 2.24. The van der Waals surface area contributed by atoms with Gasteiger partial charge >= 0.3 is 0 Å². The van der Waals surface area contributed by atoms with Gasteiger partial charge in [-0.3, -0.25) is 9.59 Å². The number of fused-ring (bicyclic) bond motifs is 1. The van der Waals surface area contributed by atoms with Crippen molar-refractivity contribution in [2.45, 2.75) is 58.9 Å². The Balaban J connectivity index is 1.51. The molecule has 3 rings (SSSR count). The first-order valence-electron chi connectivity index (χ1n) is 11.3. The number of nitrogens with one attached hydrogen (secondary N) is 3. The minimum absolute atomic E-state index is 0.0248. The molecule has 3 aromatic rings. The van der Waals surface area contributed by atoms with Crippen LogP contribution in [-0.2, 0) is 16.6 Å². The number of H-pyrrole nitrogens is 1. The second-order valence-electron chi connectivity index (χ2n) is 9.62. The quantitative estimate of drug-likeness (QED) is 0.460. The maximum atomic E-state index is 12.7. The van der Waals surface area contributed by atoms with Crippen molar-refractivity contribution in [1.82, 2.24) is 20.6 Å². The second-order valence-corrected chi connectivity index (χ2v) is 9.62. The lowest BCUT2D eigenvalue weighted by Crippen LogP contribution is -2.49. The summed E-state index contributed by atoms with van der Waals surface area (Å²) in [5.74, 6) is 0.488. The van der Waals surface area contributed by atoms with Crippen LogP contribution in [0.3, 0.4) is 0 Å². The van der Waals surface area contributed by atoms with Gasteiger partial charge < -0.3 is 15.6 Å². The number of aromatic nitrogens is 2. The Labute approximate surface area is 190 Å². The molecule has 32 heavy (non-hydrogen) atoms. The summed E-state index contributed by atoms with van der Waals surface area (Å²) < 4.78 is 0. The van der Waals surface area contributed by atoms with Crippen LogP contribution in [0.1, 0.15) is 62.8 Å². The average Bonchev–Trinajstić information content (AvgIpc) is 3.17. The normalized spacial score (nSPS) is 12.7. The zero-order valence-electron chi connectivity index (χ0n) is 19.7. The molecule has 0 saturated heterocycles. The summed E-state index contributed by atoms with van der Waals surface area (Å²) in [6.07, 6.45) is 1.51. The molecule has 2 aromatic carbocycles. The maximum absolute atomic E-state index is 12.7. The number of rotatable bonds is 8. The summed E-state index contributed by atoms with van der Waals surface area (Å²) in [5, 5.41) is 5.86. The van der Waals surface area contributed by atoms with E-state index >= 15 is 0 Å². The Morgan fingerprint density at radius 3 is 2.34 bits per heavy atom. The molecular formula is C26H34N4O2.